The summed E-state index contributed by atoms with van der Waals surface area (Å²) >= 11 is 0. The molecular formula is C28H33N3. The van der Waals surface area contributed by atoms with E-state index in [4.69, 9.17) is 5.73 Å². The summed E-state index contributed by atoms with van der Waals surface area (Å²) in [4.78, 5) is 2.51. The summed E-state index contributed by atoms with van der Waals surface area (Å²) in [6.45, 7) is 13.2. The number of hydrogen-bond donors (Lipinski definition) is 1. The van der Waals surface area contributed by atoms with Gasteiger partial charge in [0.2, 0.25) is 0 Å². The first kappa shape index (κ1) is 21.0. The largest absolute Gasteiger partial charge is 0.402 e. The molecule has 1 aromatic heterocycles. The van der Waals surface area contributed by atoms with E-state index in [-0.39, 0.29) is 0 Å². The molecule has 2 N–H and O–H groups in total. The smallest absolute Gasteiger partial charge is 0.0486 e. The number of nitrogens with zero attached hydrogens (tertiary/aromatic N) is 2. The van der Waals surface area contributed by atoms with Gasteiger partial charge in [-0.3, -0.25) is 0 Å². The Hall–Kier alpha value is -3.20. The van der Waals surface area contributed by atoms with Crippen molar-refractivity contribution in [1.82, 2.24) is 4.57 Å². The molecule has 1 aliphatic heterocycles. The molecule has 2 aromatic carbocycles. The van der Waals surface area contributed by atoms with Crippen LogP contribution in [0, 0.1) is 13.8 Å². The highest BCUT2D eigenvalue weighted by atomic mass is 15.1. The third-order valence-electron chi connectivity index (χ3n) is 6.26. The van der Waals surface area contributed by atoms with E-state index >= 15 is 0 Å². The van der Waals surface area contributed by atoms with E-state index in [0.29, 0.717) is 0 Å². The quantitative estimate of drug-likeness (QED) is 0.491. The fourth-order valence-corrected chi connectivity index (χ4v) is 4.53. The number of fused-ring (bicyclic) bond motifs is 3. The molecule has 0 spiro atoms. The number of hydrogen-bond acceptors (Lipinski definition) is 2. The van der Waals surface area contributed by atoms with Gasteiger partial charge in [-0.15, -0.1) is 0 Å². The van der Waals surface area contributed by atoms with Crippen molar-refractivity contribution in [1.29, 1.82) is 0 Å². The second-order valence-electron chi connectivity index (χ2n) is 8.71. The minimum atomic E-state index is 0.815. The first-order chi connectivity index (χ1) is 15.0. The zero-order valence-corrected chi connectivity index (χ0v) is 19.0. The Morgan fingerprint density at radius 2 is 1.81 bits per heavy atom. The summed E-state index contributed by atoms with van der Waals surface area (Å²) < 4.78 is 2.53. The highest BCUT2D eigenvalue weighted by Crippen LogP contribution is 2.34. The van der Waals surface area contributed by atoms with E-state index < -0.39 is 0 Å². The Morgan fingerprint density at radius 3 is 2.52 bits per heavy atom. The van der Waals surface area contributed by atoms with Gasteiger partial charge in [0, 0.05) is 59.6 Å². The standard InChI is InChI=1S/C28H33N3/c1-5-23(10-9-22(4)29)14-17-31-27-13-8-21(3)18-25(27)26-19-30(16-15-28(26)31)24-11-6-20(2)7-12-24/h5-13,18H,1,14-17,19,29H2,2-4H3/b22-9-,23-10+. The number of aryl methyl sites for hydroxylation is 3. The molecule has 0 atom stereocenters. The van der Waals surface area contributed by atoms with Crippen LogP contribution in [-0.4, -0.2) is 11.1 Å². The topological polar surface area (TPSA) is 34.2 Å². The maximum absolute atomic E-state index is 5.81. The molecule has 0 unspecified atom stereocenters. The number of rotatable bonds is 6. The second-order valence-corrected chi connectivity index (χ2v) is 8.71. The van der Waals surface area contributed by atoms with Gasteiger partial charge in [-0.2, -0.15) is 0 Å². The number of benzene rings is 2. The molecule has 0 saturated heterocycles. The van der Waals surface area contributed by atoms with Crippen LogP contribution in [0.25, 0.3) is 10.9 Å². The molecule has 0 bridgehead atoms. The monoisotopic (exact) mass is 411 g/mol. The molecule has 3 aromatic rings. The molecule has 0 fully saturated rings. The van der Waals surface area contributed by atoms with Crippen molar-refractivity contribution in [3.05, 3.63) is 101 Å². The Balaban J connectivity index is 1.69. The highest BCUT2D eigenvalue weighted by molar-refractivity contribution is 5.87. The van der Waals surface area contributed by atoms with Gasteiger partial charge in [0.05, 0.1) is 0 Å². The van der Waals surface area contributed by atoms with E-state index in [0.717, 1.165) is 38.2 Å². The lowest BCUT2D eigenvalue weighted by atomic mass is 10.0. The molecule has 1 aliphatic rings. The predicted molar refractivity (Wildman–Crippen MR) is 133 cm³/mol. The lowest BCUT2D eigenvalue weighted by molar-refractivity contribution is 0.638. The van der Waals surface area contributed by atoms with Gasteiger partial charge in [-0.05, 0) is 63.1 Å². The van der Waals surface area contributed by atoms with E-state index in [1.165, 1.54) is 44.5 Å². The van der Waals surface area contributed by atoms with Gasteiger partial charge in [-0.25, -0.2) is 0 Å². The van der Waals surface area contributed by atoms with Crippen molar-refractivity contribution < 1.29 is 0 Å². The van der Waals surface area contributed by atoms with Crippen molar-refractivity contribution in [3.8, 4) is 0 Å². The Kier molecular flexibility index (Phi) is 6.03. The maximum Gasteiger partial charge on any atom is 0.0486 e. The summed E-state index contributed by atoms with van der Waals surface area (Å²) in [6, 6.07) is 15.8. The summed E-state index contributed by atoms with van der Waals surface area (Å²) in [5, 5.41) is 1.40. The molecule has 2 heterocycles. The normalized spacial score (nSPS) is 14.7. The molecule has 160 valence electrons. The van der Waals surface area contributed by atoms with Crippen LogP contribution in [0.5, 0.6) is 0 Å². The van der Waals surface area contributed by atoms with Crippen LogP contribution in [0.15, 0.2) is 78.5 Å². The fourth-order valence-electron chi connectivity index (χ4n) is 4.53. The van der Waals surface area contributed by atoms with Crippen LogP contribution in [0.4, 0.5) is 5.69 Å². The van der Waals surface area contributed by atoms with Gasteiger partial charge in [0.1, 0.15) is 0 Å². The van der Waals surface area contributed by atoms with Crippen LogP contribution < -0.4 is 10.6 Å². The minimum absolute atomic E-state index is 0.815. The Bertz CT molecular complexity index is 1160. The molecule has 0 aliphatic carbocycles. The van der Waals surface area contributed by atoms with Crippen molar-refractivity contribution in [3.63, 3.8) is 0 Å². The van der Waals surface area contributed by atoms with E-state index in [2.05, 4.69) is 78.4 Å². The van der Waals surface area contributed by atoms with Gasteiger partial charge >= 0.3 is 0 Å². The number of nitrogens with two attached hydrogens (primary N) is 1. The van der Waals surface area contributed by atoms with E-state index in [9.17, 15) is 0 Å². The predicted octanol–water partition coefficient (Wildman–Crippen LogP) is 6.19. The van der Waals surface area contributed by atoms with Crippen LogP contribution in [0.1, 0.15) is 35.7 Å². The molecule has 0 saturated carbocycles. The van der Waals surface area contributed by atoms with Crippen molar-refractivity contribution in [2.45, 2.75) is 46.7 Å². The first-order valence-electron chi connectivity index (χ1n) is 11.1. The highest BCUT2D eigenvalue weighted by Gasteiger charge is 2.24. The van der Waals surface area contributed by atoms with E-state index in [1.54, 1.807) is 0 Å². The lowest BCUT2D eigenvalue weighted by Gasteiger charge is -2.30. The first-order valence-corrected chi connectivity index (χ1v) is 11.1. The average molecular weight is 412 g/mol. The van der Waals surface area contributed by atoms with Crippen molar-refractivity contribution in [2.24, 2.45) is 5.73 Å². The van der Waals surface area contributed by atoms with Crippen LogP contribution in [-0.2, 0) is 19.5 Å². The van der Waals surface area contributed by atoms with Crippen LogP contribution in [0.2, 0.25) is 0 Å². The fraction of sp³-hybridized carbons (Fsp3) is 0.286. The summed E-state index contributed by atoms with van der Waals surface area (Å²) in [6.07, 6.45) is 8.00. The second kappa shape index (κ2) is 8.89. The SMILES string of the molecule is C=C/C(=C\C=C(\C)N)CCn1c2c(c3cc(C)ccc31)CN(c1ccc(C)cc1)CC2. The van der Waals surface area contributed by atoms with E-state index in [1.807, 2.05) is 19.1 Å². The molecule has 4 rings (SSSR count). The summed E-state index contributed by atoms with van der Waals surface area (Å²) in [7, 11) is 0. The average Bonchev–Trinajstić information content (AvgIpc) is 3.06. The van der Waals surface area contributed by atoms with Gasteiger partial charge in [-0.1, -0.05) is 48.1 Å². The number of aromatic nitrogens is 1. The third-order valence-corrected chi connectivity index (χ3v) is 6.26. The molecule has 31 heavy (non-hydrogen) atoms. The zero-order valence-electron chi connectivity index (χ0n) is 19.0. The zero-order chi connectivity index (χ0) is 22.0. The van der Waals surface area contributed by atoms with Gasteiger partial charge in [0.15, 0.2) is 0 Å². The summed E-state index contributed by atoms with van der Waals surface area (Å²) in [5.74, 6) is 0. The van der Waals surface area contributed by atoms with Gasteiger partial charge in [0.25, 0.3) is 0 Å². The molecular weight excluding hydrogens is 378 g/mol. The molecule has 0 amide bonds. The number of anilines is 1. The third kappa shape index (κ3) is 4.46. The van der Waals surface area contributed by atoms with Gasteiger partial charge < -0.3 is 15.2 Å². The van der Waals surface area contributed by atoms with Crippen LogP contribution >= 0.6 is 0 Å². The summed E-state index contributed by atoms with van der Waals surface area (Å²) in [5.41, 5.74) is 16.1. The Morgan fingerprint density at radius 1 is 1.06 bits per heavy atom. The maximum atomic E-state index is 5.81. The lowest BCUT2D eigenvalue weighted by Crippen LogP contribution is -2.31. The molecule has 3 heteroatoms. The molecule has 3 nitrogen and oxygen atoms in total. The Labute approximate surface area is 186 Å². The minimum Gasteiger partial charge on any atom is -0.402 e. The van der Waals surface area contributed by atoms with Crippen molar-refractivity contribution >= 4 is 16.6 Å². The number of allylic oxidation sites excluding steroid dienone is 5. The molecule has 0 radical (unpaired) electrons. The van der Waals surface area contributed by atoms with Crippen molar-refractivity contribution in [2.75, 3.05) is 11.4 Å². The van der Waals surface area contributed by atoms with Crippen LogP contribution in [0.3, 0.4) is 0 Å².